The van der Waals surface area contributed by atoms with Gasteiger partial charge in [-0.3, -0.25) is 0 Å². The van der Waals surface area contributed by atoms with Crippen LogP contribution in [-0.4, -0.2) is 17.6 Å². The van der Waals surface area contributed by atoms with E-state index in [4.69, 9.17) is 20.8 Å². The molecule has 2 aromatic carbocycles. The molecule has 0 radical (unpaired) electrons. The van der Waals surface area contributed by atoms with Gasteiger partial charge in [-0.25, -0.2) is 9.59 Å². The second-order valence-corrected chi connectivity index (χ2v) is 6.67. The minimum Gasteiger partial charge on any atom is -0.462 e. The maximum absolute atomic E-state index is 12.2. The second-order valence-electron chi connectivity index (χ2n) is 6.23. The molecule has 5 nitrogen and oxygen atoms in total. The van der Waals surface area contributed by atoms with Crippen LogP contribution in [0.15, 0.2) is 63.9 Å². The van der Waals surface area contributed by atoms with Crippen molar-refractivity contribution in [2.45, 2.75) is 12.8 Å². The largest absolute Gasteiger partial charge is 0.462 e. The van der Waals surface area contributed by atoms with Crippen LogP contribution in [0.1, 0.15) is 22.3 Å². The van der Waals surface area contributed by atoms with Crippen LogP contribution < -0.4 is 5.63 Å². The molecule has 27 heavy (non-hydrogen) atoms. The fraction of sp³-hybridized carbons (Fsp3) is 0.143. The van der Waals surface area contributed by atoms with Crippen molar-refractivity contribution in [3.8, 4) is 0 Å². The Morgan fingerprint density at radius 2 is 2.00 bits per heavy atom. The van der Waals surface area contributed by atoms with Gasteiger partial charge in [-0.05, 0) is 48.7 Å². The van der Waals surface area contributed by atoms with E-state index in [1.807, 2.05) is 30.5 Å². The normalized spacial score (nSPS) is 11.1. The first-order valence-electron chi connectivity index (χ1n) is 8.57. The number of H-pyrrole nitrogens is 1. The van der Waals surface area contributed by atoms with Gasteiger partial charge in [-0.2, -0.15) is 0 Å². The van der Waals surface area contributed by atoms with Gasteiger partial charge < -0.3 is 14.1 Å². The first-order valence-corrected chi connectivity index (χ1v) is 8.95. The number of rotatable bonds is 5. The number of para-hydroxylation sites is 1. The van der Waals surface area contributed by atoms with Gasteiger partial charge in [-0.1, -0.05) is 29.8 Å². The van der Waals surface area contributed by atoms with E-state index in [2.05, 4.69) is 4.98 Å². The smallest absolute Gasteiger partial charge is 0.351 e. The van der Waals surface area contributed by atoms with Gasteiger partial charge in [-0.15, -0.1) is 0 Å². The van der Waals surface area contributed by atoms with Crippen LogP contribution in [-0.2, 0) is 11.2 Å². The van der Waals surface area contributed by atoms with Crippen molar-refractivity contribution < 1.29 is 13.9 Å². The Kier molecular flexibility index (Phi) is 4.69. The zero-order valence-electron chi connectivity index (χ0n) is 14.3. The Labute approximate surface area is 159 Å². The summed E-state index contributed by atoms with van der Waals surface area (Å²) in [5, 5.41) is 2.42. The predicted molar refractivity (Wildman–Crippen MR) is 104 cm³/mol. The molecule has 0 saturated carbocycles. The van der Waals surface area contributed by atoms with Crippen molar-refractivity contribution in [1.29, 1.82) is 0 Å². The number of carbonyl (C=O) groups is 1. The minimum atomic E-state index is -0.690. The standard InChI is InChI=1S/C21H16ClNO4/c22-15-7-8-18-16(11-15)14(12-23-18)5-3-9-26-20(24)17-10-13-4-1-2-6-19(13)27-21(17)25/h1-2,4,6-8,10-12,23H,3,5,9H2. The van der Waals surface area contributed by atoms with E-state index in [0.717, 1.165) is 22.9 Å². The quantitative estimate of drug-likeness (QED) is 0.308. The van der Waals surface area contributed by atoms with Gasteiger partial charge in [0.25, 0.3) is 0 Å². The number of aromatic amines is 1. The van der Waals surface area contributed by atoms with E-state index in [0.29, 0.717) is 22.4 Å². The number of aromatic nitrogens is 1. The molecule has 6 heteroatoms. The molecule has 0 aliphatic rings. The highest BCUT2D eigenvalue weighted by Gasteiger charge is 2.15. The van der Waals surface area contributed by atoms with Gasteiger partial charge in [0.15, 0.2) is 0 Å². The first-order chi connectivity index (χ1) is 13.1. The molecule has 4 rings (SSSR count). The predicted octanol–water partition coefficient (Wildman–Crippen LogP) is 4.72. The molecule has 0 saturated heterocycles. The molecule has 0 unspecified atom stereocenters. The lowest BCUT2D eigenvalue weighted by Crippen LogP contribution is -2.17. The zero-order valence-corrected chi connectivity index (χ0v) is 15.1. The molecule has 0 bridgehead atoms. The third-order valence-electron chi connectivity index (χ3n) is 4.41. The Bertz CT molecular complexity index is 1190. The summed E-state index contributed by atoms with van der Waals surface area (Å²) in [6.07, 6.45) is 3.28. The van der Waals surface area contributed by atoms with Crippen molar-refractivity contribution in [3.05, 3.63) is 81.3 Å². The van der Waals surface area contributed by atoms with Crippen LogP contribution in [0.3, 0.4) is 0 Å². The van der Waals surface area contributed by atoms with Gasteiger partial charge in [0, 0.05) is 27.5 Å². The number of benzene rings is 2. The molecule has 0 aliphatic carbocycles. The molecule has 0 atom stereocenters. The maximum atomic E-state index is 12.2. The number of fused-ring (bicyclic) bond motifs is 2. The number of ether oxygens (including phenoxy) is 1. The van der Waals surface area contributed by atoms with Gasteiger partial charge in [0.05, 0.1) is 6.61 Å². The summed E-state index contributed by atoms with van der Waals surface area (Å²) >= 11 is 6.05. The van der Waals surface area contributed by atoms with Crippen molar-refractivity contribution in [3.63, 3.8) is 0 Å². The summed E-state index contributed by atoms with van der Waals surface area (Å²) in [6, 6.07) is 14.2. The monoisotopic (exact) mass is 381 g/mol. The molecule has 4 aromatic rings. The van der Waals surface area contributed by atoms with Crippen LogP contribution in [0.5, 0.6) is 0 Å². The molecule has 0 spiro atoms. The molecule has 0 fully saturated rings. The summed E-state index contributed by atoms with van der Waals surface area (Å²) in [5.74, 6) is -0.670. The minimum absolute atomic E-state index is 0.0902. The topological polar surface area (TPSA) is 72.3 Å². The van der Waals surface area contributed by atoms with Gasteiger partial charge >= 0.3 is 11.6 Å². The highest BCUT2D eigenvalue weighted by molar-refractivity contribution is 6.31. The third-order valence-corrected chi connectivity index (χ3v) is 4.65. The zero-order chi connectivity index (χ0) is 18.8. The number of carbonyl (C=O) groups excluding carboxylic acids is 1. The number of hydrogen-bond donors (Lipinski definition) is 1. The lowest BCUT2D eigenvalue weighted by atomic mass is 10.1. The van der Waals surface area contributed by atoms with Crippen molar-refractivity contribution in [2.75, 3.05) is 6.61 Å². The Balaban J connectivity index is 1.40. The molecule has 0 amide bonds. The van der Waals surface area contributed by atoms with Crippen LogP contribution >= 0.6 is 11.6 Å². The van der Waals surface area contributed by atoms with Crippen molar-refractivity contribution >= 4 is 39.4 Å². The molecule has 136 valence electrons. The molecule has 0 aliphatic heterocycles. The number of esters is 1. The first kappa shape index (κ1) is 17.4. The molecular weight excluding hydrogens is 366 g/mol. The molecular formula is C21H16ClNO4. The molecule has 1 N–H and O–H groups in total. The average molecular weight is 382 g/mol. The lowest BCUT2D eigenvalue weighted by molar-refractivity contribution is 0.0496. The Hall–Kier alpha value is -3.05. The van der Waals surface area contributed by atoms with Crippen LogP contribution in [0.4, 0.5) is 0 Å². The van der Waals surface area contributed by atoms with Crippen molar-refractivity contribution in [2.24, 2.45) is 0 Å². The van der Waals surface area contributed by atoms with E-state index in [-0.39, 0.29) is 12.2 Å². The van der Waals surface area contributed by atoms with Gasteiger partial charge in [0.1, 0.15) is 11.1 Å². The summed E-state index contributed by atoms with van der Waals surface area (Å²) < 4.78 is 10.4. The van der Waals surface area contributed by atoms with E-state index in [9.17, 15) is 9.59 Å². The SMILES string of the molecule is O=C(OCCCc1c[nH]c2ccc(Cl)cc12)c1cc2ccccc2oc1=O. The number of halogens is 1. The van der Waals surface area contributed by atoms with Gasteiger partial charge in [0.2, 0.25) is 0 Å². The average Bonchev–Trinajstić information content (AvgIpc) is 3.06. The number of nitrogens with one attached hydrogen (secondary N) is 1. The van der Waals surface area contributed by atoms with Crippen LogP contribution in [0, 0.1) is 0 Å². The van der Waals surface area contributed by atoms with E-state index < -0.39 is 11.6 Å². The molecule has 2 heterocycles. The fourth-order valence-corrected chi connectivity index (χ4v) is 3.24. The van der Waals surface area contributed by atoms with Crippen LogP contribution in [0.2, 0.25) is 5.02 Å². The number of aryl methyl sites for hydroxylation is 1. The summed E-state index contributed by atoms with van der Waals surface area (Å²) in [5.41, 5.74) is 1.78. The summed E-state index contributed by atoms with van der Waals surface area (Å²) in [6.45, 7) is 0.207. The van der Waals surface area contributed by atoms with E-state index in [1.165, 1.54) is 6.07 Å². The lowest BCUT2D eigenvalue weighted by Gasteiger charge is -2.05. The maximum Gasteiger partial charge on any atom is 0.351 e. The van der Waals surface area contributed by atoms with Crippen molar-refractivity contribution in [1.82, 2.24) is 4.98 Å². The Morgan fingerprint density at radius 1 is 1.15 bits per heavy atom. The summed E-state index contributed by atoms with van der Waals surface area (Å²) in [4.78, 5) is 27.4. The van der Waals surface area contributed by atoms with E-state index in [1.54, 1.807) is 18.2 Å². The Morgan fingerprint density at radius 3 is 2.89 bits per heavy atom. The second kappa shape index (κ2) is 7.29. The van der Waals surface area contributed by atoms with E-state index >= 15 is 0 Å². The summed E-state index contributed by atoms with van der Waals surface area (Å²) in [7, 11) is 0. The highest BCUT2D eigenvalue weighted by atomic mass is 35.5. The molecule has 2 aromatic heterocycles. The highest BCUT2D eigenvalue weighted by Crippen LogP contribution is 2.23. The number of hydrogen-bond acceptors (Lipinski definition) is 4. The third kappa shape index (κ3) is 3.59. The fourth-order valence-electron chi connectivity index (χ4n) is 3.07. The van der Waals surface area contributed by atoms with Crippen LogP contribution in [0.25, 0.3) is 21.9 Å².